The summed E-state index contributed by atoms with van der Waals surface area (Å²) >= 11 is 0. The second-order valence-electron chi connectivity index (χ2n) is 6.95. The number of methoxy groups -OCH3 is 1. The molecule has 9 heteroatoms. The molecular weight excluding hydrogens is 362 g/mol. The number of aryl methyl sites for hydroxylation is 1. The van der Waals surface area contributed by atoms with Crippen molar-refractivity contribution in [1.29, 1.82) is 0 Å². The van der Waals surface area contributed by atoms with Gasteiger partial charge in [-0.05, 0) is 32.8 Å². The first kappa shape index (κ1) is 20.2. The summed E-state index contributed by atoms with van der Waals surface area (Å²) in [5, 5.41) is 37.0. The van der Waals surface area contributed by atoms with Gasteiger partial charge in [-0.1, -0.05) is 0 Å². The second kappa shape index (κ2) is 8.26. The summed E-state index contributed by atoms with van der Waals surface area (Å²) in [6.45, 7) is 4.24. The number of aliphatic hydroxyl groups is 3. The van der Waals surface area contributed by atoms with E-state index in [4.69, 9.17) is 4.74 Å². The summed E-state index contributed by atoms with van der Waals surface area (Å²) in [6.07, 6.45) is 1.33. The Kier molecular flexibility index (Phi) is 5.97. The Morgan fingerprint density at radius 3 is 2.68 bits per heavy atom. The van der Waals surface area contributed by atoms with Gasteiger partial charge in [0.1, 0.15) is 11.9 Å². The fourth-order valence-corrected chi connectivity index (χ4v) is 3.53. The summed E-state index contributed by atoms with van der Waals surface area (Å²) in [5.41, 5.74) is 0.519. The number of rotatable bonds is 7. The largest absolute Gasteiger partial charge is 0.481 e. The number of aromatic nitrogens is 3. The minimum absolute atomic E-state index is 0.189. The Bertz CT molecular complexity index is 817. The van der Waals surface area contributed by atoms with Crippen molar-refractivity contribution in [3.63, 3.8) is 0 Å². The van der Waals surface area contributed by atoms with Gasteiger partial charge in [0.25, 0.3) is 0 Å². The average molecular weight is 389 g/mol. The van der Waals surface area contributed by atoms with Crippen LogP contribution in [0.15, 0.2) is 18.3 Å². The summed E-state index contributed by atoms with van der Waals surface area (Å²) in [7, 11) is 1.54. The maximum absolute atomic E-state index is 11.0. The summed E-state index contributed by atoms with van der Waals surface area (Å²) in [4.78, 5) is 13.2. The van der Waals surface area contributed by atoms with E-state index in [1.54, 1.807) is 19.4 Å². The van der Waals surface area contributed by atoms with Crippen molar-refractivity contribution in [2.45, 2.75) is 38.5 Å². The number of nitrogens with zero attached hydrogens (tertiary/aromatic N) is 3. The van der Waals surface area contributed by atoms with Gasteiger partial charge in [-0.3, -0.25) is 0 Å². The van der Waals surface area contributed by atoms with Crippen LogP contribution in [0.4, 0.5) is 11.8 Å². The molecule has 28 heavy (non-hydrogen) atoms. The Morgan fingerprint density at radius 1 is 1.32 bits per heavy atom. The molecule has 3 unspecified atom stereocenters. The van der Waals surface area contributed by atoms with Gasteiger partial charge in [0.05, 0.1) is 12.8 Å². The van der Waals surface area contributed by atoms with Crippen molar-refractivity contribution in [3.8, 4) is 17.0 Å². The molecule has 1 saturated carbocycles. The van der Waals surface area contributed by atoms with Crippen LogP contribution in [0.3, 0.4) is 0 Å². The molecule has 0 aromatic carbocycles. The Labute approximate surface area is 163 Å². The van der Waals surface area contributed by atoms with E-state index < -0.39 is 11.8 Å². The molecule has 2 heterocycles. The standard InChI is InChI=1S/C19H27N5O4/c1-4-20-18-22-11(2)15(12-5-6-14(28-3)21-9-12)17(23-18)24-19(27)8-7-13(10-25)16(19)26/h5-6,9,13,16,25-27H,4,7-8,10H2,1-3H3,(H2,20,22,23,24). The van der Waals surface area contributed by atoms with E-state index in [9.17, 15) is 15.3 Å². The molecule has 0 spiro atoms. The molecule has 0 aliphatic heterocycles. The lowest BCUT2D eigenvalue weighted by atomic mass is 10.0. The van der Waals surface area contributed by atoms with Crippen molar-refractivity contribution in [3.05, 3.63) is 24.0 Å². The van der Waals surface area contributed by atoms with Crippen LogP contribution in [0.2, 0.25) is 0 Å². The molecule has 1 aliphatic rings. The lowest BCUT2D eigenvalue weighted by Crippen LogP contribution is -2.48. The second-order valence-corrected chi connectivity index (χ2v) is 6.95. The maximum Gasteiger partial charge on any atom is 0.224 e. The molecule has 9 nitrogen and oxygen atoms in total. The monoisotopic (exact) mass is 389 g/mol. The lowest BCUT2D eigenvalue weighted by Gasteiger charge is -2.31. The molecule has 1 aliphatic carbocycles. The molecular formula is C19H27N5O4. The molecule has 0 radical (unpaired) electrons. The van der Waals surface area contributed by atoms with E-state index in [0.29, 0.717) is 48.3 Å². The SMILES string of the molecule is CCNc1nc(C)c(-c2ccc(OC)nc2)c(NC2(O)CCC(CO)C2O)n1. The molecule has 152 valence electrons. The zero-order valence-electron chi connectivity index (χ0n) is 16.3. The lowest BCUT2D eigenvalue weighted by molar-refractivity contribution is -0.0545. The van der Waals surface area contributed by atoms with E-state index in [1.165, 1.54) is 0 Å². The van der Waals surface area contributed by atoms with E-state index in [-0.39, 0.29) is 12.5 Å². The number of nitrogens with one attached hydrogen (secondary N) is 2. The van der Waals surface area contributed by atoms with Crippen molar-refractivity contribution in [2.24, 2.45) is 5.92 Å². The van der Waals surface area contributed by atoms with Crippen molar-refractivity contribution in [1.82, 2.24) is 15.0 Å². The zero-order valence-corrected chi connectivity index (χ0v) is 16.3. The van der Waals surface area contributed by atoms with E-state index in [1.807, 2.05) is 19.9 Å². The molecule has 5 N–H and O–H groups in total. The number of anilines is 2. The fraction of sp³-hybridized carbons (Fsp3) is 0.526. The van der Waals surface area contributed by atoms with Crippen LogP contribution in [0.1, 0.15) is 25.5 Å². The molecule has 1 fully saturated rings. The van der Waals surface area contributed by atoms with Crippen LogP contribution in [-0.2, 0) is 0 Å². The molecule has 0 amide bonds. The molecule has 3 rings (SSSR count). The highest BCUT2D eigenvalue weighted by molar-refractivity contribution is 5.78. The van der Waals surface area contributed by atoms with Crippen LogP contribution in [0, 0.1) is 12.8 Å². The van der Waals surface area contributed by atoms with Gasteiger partial charge in [-0.15, -0.1) is 0 Å². The quantitative estimate of drug-likeness (QED) is 0.442. The maximum atomic E-state index is 11.0. The van der Waals surface area contributed by atoms with Crippen LogP contribution in [0.25, 0.3) is 11.1 Å². The molecule has 0 bridgehead atoms. The van der Waals surface area contributed by atoms with Gasteiger partial charge in [0.15, 0.2) is 5.72 Å². The highest BCUT2D eigenvalue weighted by Crippen LogP contribution is 2.38. The summed E-state index contributed by atoms with van der Waals surface area (Å²) in [5.74, 6) is 0.898. The Hall–Kier alpha value is -2.49. The Morgan fingerprint density at radius 2 is 2.11 bits per heavy atom. The third kappa shape index (κ3) is 3.87. The molecule has 3 atom stereocenters. The highest BCUT2D eigenvalue weighted by Gasteiger charge is 2.47. The predicted molar refractivity (Wildman–Crippen MR) is 105 cm³/mol. The average Bonchev–Trinajstić information content (AvgIpc) is 2.96. The van der Waals surface area contributed by atoms with Crippen molar-refractivity contribution < 1.29 is 20.1 Å². The van der Waals surface area contributed by atoms with Crippen LogP contribution < -0.4 is 15.4 Å². The van der Waals surface area contributed by atoms with Gasteiger partial charge in [-0.25, -0.2) is 9.97 Å². The smallest absolute Gasteiger partial charge is 0.224 e. The molecule has 2 aromatic heterocycles. The van der Waals surface area contributed by atoms with Gasteiger partial charge < -0.3 is 30.7 Å². The fourth-order valence-electron chi connectivity index (χ4n) is 3.53. The minimum atomic E-state index is -1.59. The van der Waals surface area contributed by atoms with Crippen molar-refractivity contribution >= 4 is 11.8 Å². The van der Waals surface area contributed by atoms with Gasteiger partial charge in [0.2, 0.25) is 11.8 Å². The number of pyridine rings is 1. The van der Waals surface area contributed by atoms with Crippen LogP contribution >= 0.6 is 0 Å². The summed E-state index contributed by atoms with van der Waals surface area (Å²) in [6, 6.07) is 3.57. The third-order valence-corrected chi connectivity index (χ3v) is 5.06. The third-order valence-electron chi connectivity index (χ3n) is 5.06. The van der Waals surface area contributed by atoms with Gasteiger partial charge in [-0.2, -0.15) is 4.98 Å². The number of hydrogen-bond acceptors (Lipinski definition) is 9. The van der Waals surface area contributed by atoms with E-state index in [0.717, 1.165) is 5.56 Å². The van der Waals surface area contributed by atoms with Crippen LogP contribution in [0.5, 0.6) is 5.88 Å². The summed E-state index contributed by atoms with van der Waals surface area (Å²) < 4.78 is 5.11. The number of ether oxygens (including phenoxy) is 1. The van der Waals surface area contributed by atoms with Crippen molar-refractivity contribution in [2.75, 3.05) is 30.9 Å². The highest BCUT2D eigenvalue weighted by atomic mass is 16.5. The molecule has 0 saturated heterocycles. The first-order chi connectivity index (χ1) is 13.4. The van der Waals surface area contributed by atoms with E-state index in [2.05, 4.69) is 25.6 Å². The minimum Gasteiger partial charge on any atom is -0.481 e. The molecule has 2 aromatic rings. The predicted octanol–water partition coefficient (Wildman–Crippen LogP) is 1.15. The Balaban J connectivity index is 2.04. The van der Waals surface area contributed by atoms with Gasteiger partial charge in [0, 0.05) is 42.5 Å². The number of hydrogen-bond donors (Lipinski definition) is 5. The normalized spacial score (nSPS) is 24.2. The van der Waals surface area contributed by atoms with Gasteiger partial charge >= 0.3 is 0 Å². The first-order valence-electron chi connectivity index (χ1n) is 9.34. The van der Waals surface area contributed by atoms with Crippen LogP contribution in [-0.4, -0.2) is 62.4 Å². The zero-order chi connectivity index (χ0) is 20.3. The first-order valence-corrected chi connectivity index (χ1v) is 9.34. The number of aliphatic hydroxyl groups excluding tert-OH is 2. The topological polar surface area (TPSA) is 133 Å². The van der Waals surface area contributed by atoms with E-state index >= 15 is 0 Å².